The van der Waals surface area contributed by atoms with Crippen molar-refractivity contribution in [1.82, 2.24) is 0 Å². The molecule has 2 saturated carbocycles. The molecule has 0 spiro atoms. The highest BCUT2D eigenvalue weighted by molar-refractivity contribution is 5.26. The fraction of sp³-hybridized carbons (Fsp3) is 0.769. The molecule has 2 aliphatic carbocycles. The summed E-state index contributed by atoms with van der Waals surface area (Å²) >= 11 is 0. The van der Waals surface area contributed by atoms with Gasteiger partial charge in [-0.15, -0.1) is 0 Å². The lowest BCUT2D eigenvalue weighted by Crippen LogP contribution is -2.26. The standard InChI is InChI=1S/C26H40F2/c1-3-5-19-7-12-21(13-8-19)22-14-9-20(10-15-22)11-16-24-18-17-23(6-4-2)25(27)26(24)28/h17-22H,3-16H2,1-2H3. The first-order chi connectivity index (χ1) is 13.6. The summed E-state index contributed by atoms with van der Waals surface area (Å²) < 4.78 is 28.5. The van der Waals surface area contributed by atoms with Crippen molar-refractivity contribution < 1.29 is 8.78 Å². The molecule has 2 fully saturated rings. The lowest BCUT2D eigenvalue weighted by molar-refractivity contribution is 0.141. The Kier molecular flexibility index (Phi) is 8.36. The van der Waals surface area contributed by atoms with E-state index in [9.17, 15) is 8.78 Å². The molecule has 0 unspecified atom stereocenters. The van der Waals surface area contributed by atoms with Crippen LogP contribution in [0.15, 0.2) is 12.1 Å². The minimum atomic E-state index is -0.610. The van der Waals surface area contributed by atoms with E-state index in [0.29, 0.717) is 29.9 Å². The molecule has 0 radical (unpaired) electrons. The lowest BCUT2D eigenvalue weighted by Gasteiger charge is -2.38. The van der Waals surface area contributed by atoms with Crippen LogP contribution in [-0.2, 0) is 12.8 Å². The zero-order chi connectivity index (χ0) is 19.9. The summed E-state index contributed by atoms with van der Waals surface area (Å²) in [6, 6.07) is 3.62. The highest BCUT2D eigenvalue weighted by Gasteiger charge is 2.30. The molecule has 0 nitrogen and oxygen atoms in total. The Bertz CT molecular complexity index is 593. The van der Waals surface area contributed by atoms with E-state index in [1.165, 1.54) is 64.2 Å². The van der Waals surface area contributed by atoms with Gasteiger partial charge in [0.2, 0.25) is 0 Å². The molecule has 2 heteroatoms. The van der Waals surface area contributed by atoms with Gasteiger partial charge >= 0.3 is 0 Å². The fourth-order valence-corrected chi connectivity index (χ4v) is 5.95. The van der Waals surface area contributed by atoms with Crippen molar-refractivity contribution in [2.75, 3.05) is 0 Å². The SMILES string of the molecule is CCCc1ccc(CCC2CCC(C3CCC(CCC)CC3)CC2)c(F)c1F. The molecule has 0 heterocycles. The van der Waals surface area contributed by atoms with Crippen LogP contribution >= 0.6 is 0 Å². The average molecular weight is 391 g/mol. The van der Waals surface area contributed by atoms with Crippen molar-refractivity contribution in [3.8, 4) is 0 Å². The molecule has 1 aromatic rings. The van der Waals surface area contributed by atoms with Gasteiger partial charge in [-0.3, -0.25) is 0 Å². The van der Waals surface area contributed by atoms with Gasteiger partial charge in [0, 0.05) is 0 Å². The summed E-state index contributed by atoms with van der Waals surface area (Å²) in [7, 11) is 0. The summed E-state index contributed by atoms with van der Waals surface area (Å²) in [5, 5.41) is 0. The van der Waals surface area contributed by atoms with E-state index in [4.69, 9.17) is 0 Å². The number of aryl methyl sites for hydroxylation is 2. The maximum Gasteiger partial charge on any atom is 0.162 e. The molecular weight excluding hydrogens is 350 g/mol. The first-order valence-electron chi connectivity index (χ1n) is 12.1. The average Bonchev–Trinajstić information content (AvgIpc) is 2.72. The Morgan fingerprint density at radius 2 is 1.11 bits per heavy atom. The number of hydrogen-bond acceptors (Lipinski definition) is 0. The van der Waals surface area contributed by atoms with Crippen molar-refractivity contribution in [2.24, 2.45) is 23.7 Å². The topological polar surface area (TPSA) is 0 Å². The number of rotatable bonds is 8. The molecule has 3 rings (SSSR count). The van der Waals surface area contributed by atoms with Gasteiger partial charge in [-0.25, -0.2) is 8.78 Å². The van der Waals surface area contributed by atoms with Crippen molar-refractivity contribution in [2.45, 2.75) is 104 Å². The van der Waals surface area contributed by atoms with Gasteiger partial charge in [0.15, 0.2) is 11.6 Å². The molecule has 0 aliphatic heterocycles. The molecule has 2 aliphatic rings. The van der Waals surface area contributed by atoms with Crippen LogP contribution in [0.1, 0.15) is 102 Å². The van der Waals surface area contributed by atoms with Crippen LogP contribution in [0.25, 0.3) is 0 Å². The Morgan fingerprint density at radius 1 is 0.643 bits per heavy atom. The highest BCUT2D eigenvalue weighted by atomic mass is 19.2. The van der Waals surface area contributed by atoms with Crippen molar-refractivity contribution in [1.29, 1.82) is 0 Å². The van der Waals surface area contributed by atoms with E-state index in [0.717, 1.165) is 30.6 Å². The highest BCUT2D eigenvalue weighted by Crippen LogP contribution is 2.43. The smallest absolute Gasteiger partial charge is 0.162 e. The third kappa shape index (κ3) is 5.57. The molecule has 0 aromatic heterocycles. The maximum atomic E-state index is 14.4. The van der Waals surface area contributed by atoms with Crippen LogP contribution < -0.4 is 0 Å². The van der Waals surface area contributed by atoms with E-state index < -0.39 is 11.6 Å². The van der Waals surface area contributed by atoms with Crippen LogP contribution in [0.4, 0.5) is 8.78 Å². The van der Waals surface area contributed by atoms with Gasteiger partial charge in [-0.05, 0) is 79.7 Å². The van der Waals surface area contributed by atoms with Crippen molar-refractivity contribution in [3.63, 3.8) is 0 Å². The van der Waals surface area contributed by atoms with E-state index in [1.54, 1.807) is 6.07 Å². The third-order valence-corrected chi connectivity index (χ3v) is 7.73. The summed E-state index contributed by atoms with van der Waals surface area (Å²) in [4.78, 5) is 0. The van der Waals surface area contributed by atoms with Gasteiger partial charge in [0.25, 0.3) is 0 Å². The molecule has 0 N–H and O–H groups in total. The fourth-order valence-electron chi connectivity index (χ4n) is 5.95. The minimum absolute atomic E-state index is 0.526. The van der Waals surface area contributed by atoms with E-state index >= 15 is 0 Å². The molecule has 0 bridgehead atoms. The first kappa shape index (κ1) is 21.8. The maximum absolute atomic E-state index is 14.4. The van der Waals surface area contributed by atoms with E-state index in [2.05, 4.69) is 6.92 Å². The Hall–Kier alpha value is -0.920. The summed E-state index contributed by atoms with van der Waals surface area (Å²) in [6.45, 7) is 4.31. The molecule has 158 valence electrons. The van der Waals surface area contributed by atoms with Crippen LogP contribution in [0, 0.1) is 35.3 Å². The number of halogens is 2. The second-order valence-electron chi connectivity index (χ2n) is 9.65. The second-order valence-corrected chi connectivity index (χ2v) is 9.65. The molecule has 0 amide bonds. The zero-order valence-corrected chi connectivity index (χ0v) is 18.1. The number of benzene rings is 1. The molecule has 1 aromatic carbocycles. The van der Waals surface area contributed by atoms with E-state index in [1.807, 2.05) is 13.0 Å². The monoisotopic (exact) mass is 390 g/mol. The quantitative estimate of drug-likeness (QED) is 0.419. The van der Waals surface area contributed by atoms with Crippen molar-refractivity contribution >= 4 is 0 Å². The normalized spacial score (nSPS) is 28.4. The van der Waals surface area contributed by atoms with Crippen molar-refractivity contribution in [3.05, 3.63) is 34.9 Å². The van der Waals surface area contributed by atoms with Crippen LogP contribution in [0.5, 0.6) is 0 Å². The van der Waals surface area contributed by atoms with Gasteiger partial charge in [0.1, 0.15) is 0 Å². The van der Waals surface area contributed by atoms with Crippen LogP contribution in [-0.4, -0.2) is 0 Å². The Morgan fingerprint density at radius 3 is 1.57 bits per heavy atom. The largest absolute Gasteiger partial charge is 0.203 e. The summed E-state index contributed by atoms with van der Waals surface area (Å²) in [6.07, 6.45) is 17.0. The lowest BCUT2D eigenvalue weighted by atomic mass is 9.68. The predicted molar refractivity (Wildman–Crippen MR) is 114 cm³/mol. The van der Waals surface area contributed by atoms with Gasteiger partial charge < -0.3 is 0 Å². The second kappa shape index (κ2) is 10.7. The molecule has 0 saturated heterocycles. The van der Waals surface area contributed by atoms with Crippen LogP contribution in [0.2, 0.25) is 0 Å². The summed E-state index contributed by atoms with van der Waals surface area (Å²) in [5.74, 6) is 2.39. The number of hydrogen-bond donors (Lipinski definition) is 0. The van der Waals surface area contributed by atoms with Gasteiger partial charge in [0.05, 0.1) is 0 Å². The van der Waals surface area contributed by atoms with Gasteiger partial charge in [-0.1, -0.05) is 70.9 Å². The molecule has 28 heavy (non-hydrogen) atoms. The molecular formula is C26H40F2. The third-order valence-electron chi connectivity index (χ3n) is 7.73. The Labute approximate surface area is 171 Å². The first-order valence-corrected chi connectivity index (χ1v) is 12.1. The van der Waals surface area contributed by atoms with Crippen LogP contribution in [0.3, 0.4) is 0 Å². The van der Waals surface area contributed by atoms with Gasteiger partial charge in [-0.2, -0.15) is 0 Å². The Balaban J connectivity index is 1.42. The predicted octanol–water partition coefficient (Wildman–Crippen LogP) is 8.26. The van der Waals surface area contributed by atoms with E-state index in [-0.39, 0.29) is 0 Å². The zero-order valence-electron chi connectivity index (χ0n) is 18.1. The molecule has 0 atom stereocenters. The minimum Gasteiger partial charge on any atom is -0.203 e. The summed E-state index contributed by atoms with van der Waals surface area (Å²) in [5.41, 5.74) is 1.10.